The summed E-state index contributed by atoms with van der Waals surface area (Å²) in [6.07, 6.45) is -1.29. The van der Waals surface area contributed by atoms with Crippen LogP contribution in [0.5, 0.6) is 5.75 Å². The van der Waals surface area contributed by atoms with E-state index in [1.54, 1.807) is 13.8 Å². The van der Waals surface area contributed by atoms with Crippen molar-refractivity contribution in [1.29, 1.82) is 0 Å². The van der Waals surface area contributed by atoms with Gasteiger partial charge in [0.1, 0.15) is 17.8 Å². The summed E-state index contributed by atoms with van der Waals surface area (Å²) in [6.45, 7) is 4.78. The largest absolute Gasteiger partial charge is 0.508 e. The summed E-state index contributed by atoms with van der Waals surface area (Å²) in [7, 11) is 0. The lowest BCUT2D eigenvalue weighted by Gasteiger charge is -2.25. The van der Waals surface area contributed by atoms with Crippen molar-refractivity contribution >= 4 is 17.8 Å². The number of carboxylic acids is 1. The monoisotopic (exact) mass is 381 g/mol. The molecule has 7 N–H and O–H groups in total. The van der Waals surface area contributed by atoms with Crippen LogP contribution in [0.15, 0.2) is 24.3 Å². The number of carbonyl (C=O) groups excluding carboxylic acids is 2. The highest BCUT2D eigenvalue weighted by Crippen LogP contribution is 2.12. The normalized spacial score (nSPS) is 15.5. The van der Waals surface area contributed by atoms with E-state index in [0.717, 1.165) is 0 Å². The van der Waals surface area contributed by atoms with Crippen LogP contribution in [0.1, 0.15) is 26.3 Å². The van der Waals surface area contributed by atoms with Crippen molar-refractivity contribution in [3.63, 3.8) is 0 Å². The van der Waals surface area contributed by atoms with Crippen LogP contribution in [-0.4, -0.2) is 57.3 Å². The average Bonchev–Trinajstić information content (AvgIpc) is 2.59. The Morgan fingerprint density at radius 2 is 1.59 bits per heavy atom. The molecule has 0 aliphatic heterocycles. The molecule has 0 saturated carbocycles. The molecule has 0 aliphatic carbocycles. The molecule has 0 fully saturated rings. The summed E-state index contributed by atoms with van der Waals surface area (Å²) in [5, 5.41) is 33.2. The topological polar surface area (TPSA) is 162 Å². The Labute approximate surface area is 157 Å². The quantitative estimate of drug-likeness (QED) is 0.331. The van der Waals surface area contributed by atoms with Crippen LogP contribution in [0.2, 0.25) is 0 Å². The Bertz CT molecular complexity index is 660. The molecule has 9 nitrogen and oxygen atoms in total. The first-order valence-electron chi connectivity index (χ1n) is 8.58. The fraction of sp³-hybridized carbons (Fsp3) is 0.500. The second-order valence-electron chi connectivity index (χ2n) is 6.77. The number of phenolic OH excluding ortho intramolecular Hbond substituents is 1. The molecule has 1 rings (SSSR count). The number of hydrogen-bond donors (Lipinski definition) is 6. The summed E-state index contributed by atoms with van der Waals surface area (Å²) in [5.74, 6) is -2.86. The predicted octanol–water partition coefficient (Wildman–Crippen LogP) is -0.647. The Kier molecular flexibility index (Phi) is 8.20. The van der Waals surface area contributed by atoms with E-state index in [-0.39, 0.29) is 18.1 Å². The first kappa shape index (κ1) is 22.4. The molecule has 0 aromatic heterocycles. The van der Waals surface area contributed by atoms with Crippen LogP contribution in [0.25, 0.3) is 0 Å². The van der Waals surface area contributed by atoms with Gasteiger partial charge in [0, 0.05) is 6.42 Å². The summed E-state index contributed by atoms with van der Waals surface area (Å²) in [5.41, 5.74) is 6.32. The zero-order valence-electron chi connectivity index (χ0n) is 15.5. The third-order valence-electron chi connectivity index (χ3n) is 4.07. The van der Waals surface area contributed by atoms with Gasteiger partial charge in [0.25, 0.3) is 0 Å². The molecular formula is C18H27N3O6. The average molecular weight is 381 g/mol. The SMILES string of the molecule is CC(C)C(N)C(=O)NC(C(=O)NC(Cc1ccc(O)cc1)C(=O)O)C(C)O. The second kappa shape index (κ2) is 9.89. The lowest BCUT2D eigenvalue weighted by molar-refractivity contribution is -0.142. The molecule has 27 heavy (non-hydrogen) atoms. The smallest absolute Gasteiger partial charge is 0.326 e. The number of aliphatic hydroxyl groups is 1. The van der Waals surface area contributed by atoms with Gasteiger partial charge in [-0.15, -0.1) is 0 Å². The van der Waals surface area contributed by atoms with Gasteiger partial charge in [-0.2, -0.15) is 0 Å². The second-order valence-corrected chi connectivity index (χ2v) is 6.77. The summed E-state index contributed by atoms with van der Waals surface area (Å²) < 4.78 is 0. The summed E-state index contributed by atoms with van der Waals surface area (Å²) >= 11 is 0. The van der Waals surface area contributed by atoms with Crippen molar-refractivity contribution in [3.8, 4) is 5.75 Å². The van der Waals surface area contributed by atoms with E-state index in [4.69, 9.17) is 5.73 Å². The van der Waals surface area contributed by atoms with Gasteiger partial charge in [0.05, 0.1) is 12.1 Å². The highest BCUT2D eigenvalue weighted by Gasteiger charge is 2.31. The van der Waals surface area contributed by atoms with Crippen molar-refractivity contribution in [2.24, 2.45) is 11.7 Å². The Hall–Kier alpha value is -2.65. The number of nitrogens with two attached hydrogens (primary N) is 1. The van der Waals surface area contributed by atoms with E-state index in [9.17, 15) is 29.7 Å². The number of carbonyl (C=O) groups is 3. The van der Waals surface area contributed by atoms with Gasteiger partial charge in [-0.05, 0) is 30.5 Å². The van der Waals surface area contributed by atoms with E-state index in [1.165, 1.54) is 31.2 Å². The number of aromatic hydroxyl groups is 1. The van der Waals surface area contributed by atoms with Crippen LogP contribution >= 0.6 is 0 Å². The number of aliphatic hydroxyl groups excluding tert-OH is 1. The first-order chi connectivity index (χ1) is 12.5. The van der Waals surface area contributed by atoms with Crippen molar-refractivity contribution in [2.75, 3.05) is 0 Å². The zero-order valence-corrected chi connectivity index (χ0v) is 15.5. The molecule has 9 heteroatoms. The van der Waals surface area contributed by atoms with Crippen LogP contribution in [0.4, 0.5) is 0 Å². The third kappa shape index (κ3) is 6.87. The summed E-state index contributed by atoms with van der Waals surface area (Å²) in [4.78, 5) is 36.0. The van der Waals surface area contributed by atoms with Crippen molar-refractivity contribution in [1.82, 2.24) is 10.6 Å². The van der Waals surface area contributed by atoms with E-state index >= 15 is 0 Å². The number of nitrogens with one attached hydrogen (secondary N) is 2. The standard InChI is InChI=1S/C18H27N3O6/c1-9(2)14(19)16(24)21-15(10(3)22)17(25)20-13(18(26)27)8-11-4-6-12(23)7-5-11/h4-7,9-10,13-15,22-23H,8,19H2,1-3H3,(H,20,25)(H,21,24)(H,26,27). The van der Waals surface area contributed by atoms with E-state index in [2.05, 4.69) is 10.6 Å². The predicted molar refractivity (Wildman–Crippen MR) is 97.8 cm³/mol. The zero-order chi connectivity index (χ0) is 20.7. The number of benzene rings is 1. The van der Waals surface area contributed by atoms with Gasteiger partial charge >= 0.3 is 5.97 Å². The van der Waals surface area contributed by atoms with Crippen LogP contribution in [0.3, 0.4) is 0 Å². The molecule has 1 aromatic rings. The molecule has 4 atom stereocenters. The van der Waals surface area contributed by atoms with E-state index in [1.807, 2.05) is 0 Å². The van der Waals surface area contributed by atoms with Gasteiger partial charge in [-0.1, -0.05) is 26.0 Å². The van der Waals surface area contributed by atoms with Gasteiger partial charge in [0.2, 0.25) is 11.8 Å². The Balaban J connectivity index is 2.85. The molecule has 1 aromatic carbocycles. The lowest BCUT2D eigenvalue weighted by atomic mass is 10.0. The number of aliphatic carboxylic acids is 1. The van der Waals surface area contributed by atoms with E-state index in [0.29, 0.717) is 5.56 Å². The highest BCUT2D eigenvalue weighted by molar-refractivity contribution is 5.92. The molecule has 0 spiro atoms. The highest BCUT2D eigenvalue weighted by atomic mass is 16.4. The third-order valence-corrected chi connectivity index (χ3v) is 4.07. The van der Waals surface area contributed by atoms with Crippen LogP contribution in [-0.2, 0) is 20.8 Å². The van der Waals surface area contributed by atoms with Crippen molar-refractivity contribution < 1.29 is 29.7 Å². The number of amides is 2. The summed E-state index contributed by atoms with van der Waals surface area (Å²) in [6, 6.07) is 2.39. The maximum atomic E-state index is 12.4. The minimum absolute atomic E-state index is 0.0344. The molecule has 0 radical (unpaired) electrons. The molecule has 2 amide bonds. The maximum absolute atomic E-state index is 12.4. The lowest BCUT2D eigenvalue weighted by Crippen LogP contribution is -2.59. The molecule has 0 bridgehead atoms. The molecule has 0 aliphatic rings. The molecule has 4 unspecified atom stereocenters. The van der Waals surface area contributed by atoms with E-state index < -0.39 is 42.0 Å². The molecular weight excluding hydrogens is 354 g/mol. The van der Waals surface area contributed by atoms with Crippen LogP contribution < -0.4 is 16.4 Å². The minimum Gasteiger partial charge on any atom is -0.508 e. The fourth-order valence-corrected chi connectivity index (χ4v) is 2.29. The Morgan fingerprint density at radius 3 is 2.04 bits per heavy atom. The number of rotatable bonds is 9. The molecule has 0 saturated heterocycles. The fourth-order valence-electron chi connectivity index (χ4n) is 2.29. The van der Waals surface area contributed by atoms with Crippen molar-refractivity contribution in [3.05, 3.63) is 29.8 Å². The Morgan fingerprint density at radius 1 is 1.04 bits per heavy atom. The van der Waals surface area contributed by atoms with Gasteiger partial charge in [-0.25, -0.2) is 4.79 Å². The molecule has 0 heterocycles. The van der Waals surface area contributed by atoms with Gasteiger partial charge in [0.15, 0.2) is 0 Å². The molecule has 150 valence electrons. The minimum atomic E-state index is -1.34. The van der Waals surface area contributed by atoms with Gasteiger partial charge in [-0.3, -0.25) is 9.59 Å². The van der Waals surface area contributed by atoms with Gasteiger partial charge < -0.3 is 31.7 Å². The van der Waals surface area contributed by atoms with Crippen molar-refractivity contribution in [2.45, 2.75) is 51.4 Å². The van der Waals surface area contributed by atoms with Crippen LogP contribution in [0, 0.1) is 5.92 Å². The number of carboxylic acid groups (broad SMARTS) is 1. The number of hydrogen-bond acceptors (Lipinski definition) is 6. The number of phenols is 1. The first-order valence-corrected chi connectivity index (χ1v) is 8.58. The maximum Gasteiger partial charge on any atom is 0.326 e.